The SMILES string of the molecule is CCCCNS(=O)c1cccc(Nc2nc3ccc(-c4cncc(OC)c4)cc3s2)c1. The van der Waals surface area contributed by atoms with Crippen molar-refractivity contribution in [3.8, 4) is 16.9 Å². The van der Waals surface area contributed by atoms with Gasteiger partial charge in [-0.25, -0.2) is 13.9 Å². The van der Waals surface area contributed by atoms with Crippen molar-refractivity contribution in [2.24, 2.45) is 0 Å². The van der Waals surface area contributed by atoms with Crippen LogP contribution in [0.25, 0.3) is 21.3 Å². The van der Waals surface area contributed by atoms with Gasteiger partial charge < -0.3 is 10.1 Å². The van der Waals surface area contributed by atoms with Crippen LogP contribution < -0.4 is 14.8 Å². The van der Waals surface area contributed by atoms with Gasteiger partial charge >= 0.3 is 0 Å². The average molecular weight is 453 g/mol. The van der Waals surface area contributed by atoms with E-state index < -0.39 is 11.0 Å². The Hall–Kier alpha value is -2.81. The second-order valence-corrected chi connectivity index (χ2v) is 9.31. The summed E-state index contributed by atoms with van der Waals surface area (Å²) in [6, 6.07) is 15.7. The second-order valence-electron chi connectivity index (χ2n) is 6.98. The molecule has 8 heteroatoms. The summed E-state index contributed by atoms with van der Waals surface area (Å²) in [5, 5.41) is 4.14. The molecule has 0 aliphatic carbocycles. The molecule has 0 saturated carbocycles. The zero-order valence-corrected chi connectivity index (χ0v) is 19.1. The molecule has 0 radical (unpaired) electrons. The summed E-state index contributed by atoms with van der Waals surface area (Å²) >= 11 is 1.58. The van der Waals surface area contributed by atoms with Crippen molar-refractivity contribution in [3.63, 3.8) is 0 Å². The van der Waals surface area contributed by atoms with Crippen LogP contribution in [0, 0.1) is 0 Å². The van der Waals surface area contributed by atoms with E-state index >= 15 is 0 Å². The molecule has 0 aliphatic rings. The van der Waals surface area contributed by atoms with Crippen LogP contribution in [0.5, 0.6) is 5.75 Å². The first kappa shape index (κ1) is 21.4. The lowest BCUT2D eigenvalue weighted by molar-refractivity contribution is 0.413. The number of nitrogens with zero attached hydrogens (tertiary/aromatic N) is 2. The van der Waals surface area contributed by atoms with Gasteiger partial charge in [-0.2, -0.15) is 0 Å². The van der Waals surface area contributed by atoms with Crippen LogP contribution in [0.4, 0.5) is 10.8 Å². The summed E-state index contributed by atoms with van der Waals surface area (Å²) in [5.74, 6) is 0.728. The minimum atomic E-state index is -1.22. The van der Waals surface area contributed by atoms with Crippen molar-refractivity contribution < 1.29 is 8.95 Å². The Balaban J connectivity index is 1.53. The summed E-state index contributed by atoms with van der Waals surface area (Å²) < 4.78 is 21.8. The molecule has 0 bridgehead atoms. The Kier molecular flexibility index (Phi) is 6.91. The first-order chi connectivity index (χ1) is 15.2. The van der Waals surface area contributed by atoms with Crippen molar-refractivity contribution in [3.05, 3.63) is 60.9 Å². The second kappa shape index (κ2) is 10.00. The van der Waals surface area contributed by atoms with Crippen LogP contribution in [0.15, 0.2) is 65.8 Å². The predicted molar refractivity (Wildman–Crippen MR) is 128 cm³/mol. The van der Waals surface area contributed by atoms with Crippen molar-refractivity contribution in [1.29, 1.82) is 0 Å². The van der Waals surface area contributed by atoms with E-state index in [1.165, 1.54) is 0 Å². The number of anilines is 2. The molecule has 0 aliphatic heterocycles. The number of rotatable bonds is 9. The predicted octanol–water partition coefficient (Wildman–Crippen LogP) is 5.52. The van der Waals surface area contributed by atoms with Crippen molar-refractivity contribution in [2.45, 2.75) is 24.7 Å². The third-order valence-electron chi connectivity index (χ3n) is 4.73. The zero-order valence-electron chi connectivity index (χ0n) is 17.4. The lowest BCUT2D eigenvalue weighted by Gasteiger charge is -2.07. The molecule has 31 heavy (non-hydrogen) atoms. The Labute approximate surface area is 188 Å². The quantitative estimate of drug-likeness (QED) is 0.327. The highest BCUT2D eigenvalue weighted by Gasteiger charge is 2.09. The Morgan fingerprint density at radius 3 is 2.84 bits per heavy atom. The number of nitrogens with one attached hydrogen (secondary N) is 2. The number of hydrogen-bond acceptors (Lipinski definition) is 6. The van der Waals surface area contributed by atoms with Gasteiger partial charge in [-0.05, 0) is 48.4 Å². The fourth-order valence-electron chi connectivity index (χ4n) is 3.08. The number of aromatic nitrogens is 2. The standard InChI is InChI=1S/C23H24N4O2S2/c1-3-4-10-25-31(28)20-7-5-6-18(13-20)26-23-27-21-9-8-16(12-22(21)30-23)17-11-19(29-2)15-24-14-17/h5-9,11-15,25H,3-4,10H2,1-2H3,(H,26,27). The molecule has 0 spiro atoms. The van der Waals surface area contributed by atoms with Crippen LogP contribution in [-0.4, -0.2) is 27.8 Å². The monoisotopic (exact) mass is 452 g/mol. The van der Waals surface area contributed by atoms with Crippen LogP contribution in [-0.2, 0) is 11.0 Å². The highest BCUT2D eigenvalue weighted by molar-refractivity contribution is 7.83. The highest BCUT2D eigenvalue weighted by atomic mass is 32.2. The van der Waals surface area contributed by atoms with E-state index in [9.17, 15) is 4.21 Å². The largest absolute Gasteiger partial charge is 0.495 e. The van der Waals surface area contributed by atoms with Gasteiger partial charge in [0.2, 0.25) is 0 Å². The molecule has 2 heterocycles. The normalized spacial score (nSPS) is 12.1. The molecule has 2 aromatic heterocycles. The summed E-state index contributed by atoms with van der Waals surface area (Å²) in [4.78, 5) is 9.67. The van der Waals surface area contributed by atoms with Crippen LogP contribution in [0.2, 0.25) is 0 Å². The Morgan fingerprint density at radius 1 is 1.10 bits per heavy atom. The maximum Gasteiger partial charge on any atom is 0.188 e. The fourth-order valence-corrected chi connectivity index (χ4v) is 4.94. The molecule has 4 rings (SSSR count). The molecule has 2 N–H and O–H groups in total. The molecule has 0 saturated heterocycles. The maximum atomic E-state index is 12.4. The fraction of sp³-hybridized carbons (Fsp3) is 0.217. The third-order valence-corrected chi connectivity index (χ3v) is 6.82. The van der Waals surface area contributed by atoms with E-state index in [4.69, 9.17) is 4.74 Å². The molecular weight excluding hydrogens is 428 g/mol. The van der Waals surface area contributed by atoms with E-state index in [-0.39, 0.29) is 0 Å². The van der Waals surface area contributed by atoms with Gasteiger partial charge in [-0.15, -0.1) is 0 Å². The molecule has 4 aromatic rings. The summed E-state index contributed by atoms with van der Waals surface area (Å²) in [6.45, 7) is 2.85. The Morgan fingerprint density at radius 2 is 2.00 bits per heavy atom. The van der Waals surface area contributed by atoms with Crippen molar-refractivity contribution in [2.75, 3.05) is 19.0 Å². The van der Waals surface area contributed by atoms with Gasteiger partial charge in [0.25, 0.3) is 0 Å². The topological polar surface area (TPSA) is 76.1 Å². The van der Waals surface area contributed by atoms with Gasteiger partial charge in [0.1, 0.15) is 16.7 Å². The molecular formula is C23H24N4O2S2. The van der Waals surface area contributed by atoms with Crippen LogP contribution >= 0.6 is 11.3 Å². The summed E-state index contributed by atoms with van der Waals surface area (Å²) in [5.41, 5.74) is 3.84. The number of ether oxygens (including phenoxy) is 1. The summed E-state index contributed by atoms with van der Waals surface area (Å²) in [6.07, 6.45) is 5.59. The number of unbranched alkanes of at least 4 members (excludes halogenated alkanes) is 1. The first-order valence-corrected chi connectivity index (χ1v) is 12.1. The number of benzene rings is 2. The maximum absolute atomic E-state index is 12.4. The summed E-state index contributed by atoms with van der Waals surface area (Å²) in [7, 11) is 0.418. The molecule has 1 atom stereocenters. The number of fused-ring (bicyclic) bond motifs is 1. The molecule has 2 aromatic carbocycles. The number of hydrogen-bond donors (Lipinski definition) is 2. The molecule has 1 unspecified atom stereocenters. The van der Waals surface area contributed by atoms with Gasteiger partial charge in [0.15, 0.2) is 5.13 Å². The molecule has 0 fully saturated rings. The van der Waals surface area contributed by atoms with E-state index in [0.717, 1.165) is 62.2 Å². The minimum absolute atomic E-state index is 0.728. The van der Waals surface area contributed by atoms with Gasteiger partial charge in [-0.3, -0.25) is 4.98 Å². The van der Waals surface area contributed by atoms with E-state index in [1.807, 2.05) is 48.7 Å². The van der Waals surface area contributed by atoms with Gasteiger partial charge in [0.05, 0.1) is 28.4 Å². The van der Waals surface area contributed by atoms with E-state index in [1.54, 1.807) is 24.6 Å². The lowest BCUT2D eigenvalue weighted by atomic mass is 10.1. The minimum Gasteiger partial charge on any atom is -0.495 e. The van der Waals surface area contributed by atoms with Gasteiger partial charge in [0, 0.05) is 24.0 Å². The van der Waals surface area contributed by atoms with Crippen LogP contribution in [0.1, 0.15) is 19.8 Å². The molecule has 160 valence electrons. The molecule has 0 amide bonds. The number of methoxy groups -OCH3 is 1. The average Bonchev–Trinajstić information content (AvgIpc) is 3.20. The first-order valence-electron chi connectivity index (χ1n) is 10.1. The number of pyridine rings is 1. The van der Waals surface area contributed by atoms with Crippen LogP contribution in [0.3, 0.4) is 0 Å². The van der Waals surface area contributed by atoms with Crippen molar-refractivity contribution >= 4 is 43.4 Å². The van der Waals surface area contributed by atoms with Crippen molar-refractivity contribution in [1.82, 2.24) is 14.7 Å². The zero-order chi connectivity index (χ0) is 21.6. The lowest BCUT2D eigenvalue weighted by Crippen LogP contribution is -2.18. The highest BCUT2D eigenvalue weighted by Crippen LogP contribution is 2.32. The molecule has 6 nitrogen and oxygen atoms in total. The van der Waals surface area contributed by atoms with Gasteiger partial charge in [-0.1, -0.05) is 36.8 Å². The Bertz CT molecular complexity index is 1210. The smallest absolute Gasteiger partial charge is 0.188 e. The van der Waals surface area contributed by atoms with E-state index in [0.29, 0.717) is 0 Å². The number of thiazole rings is 1. The third kappa shape index (κ3) is 5.28. The van der Waals surface area contributed by atoms with E-state index in [2.05, 4.69) is 33.0 Å².